The third kappa shape index (κ3) is 3.60. The SMILES string of the molecule is CC(C)Oc1ccccc1C(NN)c1ccc(Br)cc1. The number of benzene rings is 2. The van der Waals surface area contributed by atoms with Gasteiger partial charge in [-0.2, -0.15) is 0 Å². The second kappa shape index (κ2) is 6.88. The lowest BCUT2D eigenvalue weighted by molar-refractivity contribution is 0.238. The summed E-state index contributed by atoms with van der Waals surface area (Å²) in [5.41, 5.74) is 5.00. The summed E-state index contributed by atoms with van der Waals surface area (Å²) >= 11 is 3.44. The monoisotopic (exact) mass is 334 g/mol. The lowest BCUT2D eigenvalue weighted by Gasteiger charge is -2.21. The van der Waals surface area contributed by atoms with Crippen LogP contribution in [-0.2, 0) is 0 Å². The van der Waals surface area contributed by atoms with Crippen molar-refractivity contribution < 1.29 is 4.74 Å². The summed E-state index contributed by atoms with van der Waals surface area (Å²) in [4.78, 5) is 0. The molecule has 2 rings (SSSR count). The van der Waals surface area contributed by atoms with Gasteiger partial charge < -0.3 is 4.74 Å². The number of ether oxygens (including phenoxy) is 1. The Morgan fingerprint density at radius 2 is 1.70 bits per heavy atom. The van der Waals surface area contributed by atoms with Gasteiger partial charge in [0, 0.05) is 10.0 Å². The zero-order chi connectivity index (χ0) is 14.5. The summed E-state index contributed by atoms with van der Waals surface area (Å²) < 4.78 is 6.91. The smallest absolute Gasteiger partial charge is 0.124 e. The maximum atomic E-state index is 5.87. The first-order valence-electron chi connectivity index (χ1n) is 6.59. The predicted molar refractivity (Wildman–Crippen MR) is 85.5 cm³/mol. The number of hydrazine groups is 1. The lowest BCUT2D eigenvalue weighted by atomic mass is 9.98. The van der Waals surface area contributed by atoms with Crippen LogP contribution in [0.5, 0.6) is 5.75 Å². The highest BCUT2D eigenvalue weighted by Gasteiger charge is 2.17. The van der Waals surface area contributed by atoms with E-state index in [2.05, 4.69) is 21.4 Å². The molecule has 0 heterocycles. The van der Waals surface area contributed by atoms with Gasteiger partial charge in [-0.15, -0.1) is 0 Å². The molecule has 4 heteroatoms. The fourth-order valence-electron chi connectivity index (χ4n) is 2.10. The van der Waals surface area contributed by atoms with Crippen LogP contribution in [0.15, 0.2) is 53.0 Å². The zero-order valence-electron chi connectivity index (χ0n) is 11.6. The molecule has 0 spiro atoms. The molecule has 2 aromatic rings. The van der Waals surface area contributed by atoms with Crippen molar-refractivity contribution in [1.29, 1.82) is 0 Å². The van der Waals surface area contributed by atoms with E-state index in [1.54, 1.807) is 0 Å². The molecule has 0 aromatic heterocycles. The van der Waals surface area contributed by atoms with Crippen molar-refractivity contribution in [2.45, 2.75) is 26.0 Å². The minimum absolute atomic E-state index is 0.0990. The van der Waals surface area contributed by atoms with E-state index < -0.39 is 0 Å². The van der Waals surface area contributed by atoms with Crippen molar-refractivity contribution in [1.82, 2.24) is 5.43 Å². The Kier molecular flexibility index (Phi) is 5.17. The minimum atomic E-state index is -0.0990. The molecule has 20 heavy (non-hydrogen) atoms. The van der Waals surface area contributed by atoms with Crippen LogP contribution in [0, 0.1) is 0 Å². The number of nitrogens with two attached hydrogens (primary N) is 1. The third-order valence-electron chi connectivity index (χ3n) is 2.96. The highest BCUT2D eigenvalue weighted by atomic mass is 79.9. The summed E-state index contributed by atoms with van der Waals surface area (Å²) in [7, 11) is 0. The number of nitrogens with one attached hydrogen (secondary N) is 1. The molecular formula is C16H19BrN2O. The van der Waals surface area contributed by atoms with Crippen LogP contribution in [0.25, 0.3) is 0 Å². The molecule has 3 N–H and O–H groups in total. The van der Waals surface area contributed by atoms with Gasteiger partial charge in [-0.3, -0.25) is 5.84 Å². The number of hydrogen-bond acceptors (Lipinski definition) is 3. The van der Waals surface area contributed by atoms with E-state index in [0.717, 1.165) is 21.3 Å². The van der Waals surface area contributed by atoms with Crippen molar-refractivity contribution in [2.24, 2.45) is 5.84 Å². The number of halogens is 1. The maximum absolute atomic E-state index is 5.87. The number of para-hydroxylation sites is 1. The number of hydrogen-bond donors (Lipinski definition) is 2. The molecule has 0 saturated heterocycles. The molecule has 0 amide bonds. The van der Waals surface area contributed by atoms with Crippen LogP contribution in [-0.4, -0.2) is 6.10 Å². The van der Waals surface area contributed by atoms with Crippen LogP contribution in [0.3, 0.4) is 0 Å². The van der Waals surface area contributed by atoms with E-state index in [0.29, 0.717) is 0 Å². The molecule has 0 aliphatic rings. The molecule has 0 aliphatic heterocycles. The molecule has 0 saturated carbocycles. The van der Waals surface area contributed by atoms with Gasteiger partial charge in [-0.1, -0.05) is 46.3 Å². The average molecular weight is 335 g/mol. The molecule has 106 valence electrons. The summed E-state index contributed by atoms with van der Waals surface area (Å²) in [5, 5.41) is 0. The Bertz CT molecular complexity index is 555. The van der Waals surface area contributed by atoms with Crippen LogP contribution in [0.1, 0.15) is 31.0 Å². The van der Waals surface area contributed by atoms with Crippen molar-refractivity contribution in [3.05, 3.63) is 64.1 Å². The average Bonchev–Trinajstić information content (AvgIpc) is 2.43. The maximum Gasteiger partial charge on any atom is 0.124 e. The molecule has 2 aromatic carbocycles. The van der Waals surface area contributed by atoms with E-state index in [1.165, 1.54) is 0 Å². The Morgan fingerprint density at radius 1 is 1.05 bits per heavy atom. The van der Waals surface area contributed by atoms with Gasteiger partial charge in [0.1, 0.15) is 5.75 Å². The molecule has 0 fully saturated rings. The quantitative estimate of drug-likeness (QED) is 0.646. The Morgan fingerprint density at radius 3 is 2.30 bits per heavy atom. The first-order chi connectivity index (χ1) is 9.61. The molecular weight excluding hydrogens is 316 g/mol. The van der Waals surface area contributed by atoms with Crippen LogP contribution in [0.2, 0.25) is 0 Å². The van der Waals surface area contributed by atoms with Crippen LogP contribution in [0.4, 0.5) is 0 Å². The first-order valence-corrected chi connectivity index (χ1v) is 7.38. The van der Waals surface area contributed by atoms with E-state index >= 15 is 0 Å². The Balaban J connectivity index is 2.38. The van der Waals surface area contributed by atoms with E-state index in [-0.39, 0.29) is 12.1 Å². The Labute approximate surface area is 128 Å². The molecule has 1 unspecified atom stereocenters. The van der Waals surface area contributed by atoms with Gasteiger partial charge in [-0.05, 0) is 37.6 Å². The summed E-state index contributed by atoms with van der Waals surface area (Å²) in [6, 6.07) is 16.0. The molecule has 3 nitrogen and oxygen atoms in total. The van der Waals surface area contributed by atoms with Crippen molar-refractivity contribution in [3.63, 3.8) is 0 Å². The second-order valence-electron chi connectivity index (χ2n) is 4.86. The van der Waals surface area contributed by atoms with E-state index in [4.69, 9.17) is 10.6 Å². The Hall–Kier alpha value is -1.36. The van der Waals surface area contributed by atoms with Crippen molar-refractivity contribution in [3.8, 4) is 5.75 Å². The van der Waals surface area contributed by atoms with Crippen LogP contribution >= 0.6 is 15.9 Å². The lowest BCUT2D eigenvalue weighted by Crippen LogP contribution is -2.29. The molecule has 1 atom stereocenters. The second-order valence-corrected chi connectivity index (χ2v) is 5.77. The van der Waals surface area contributed by atoms with Crippen molar-refractivity contribution >= 4 is 15.9 Å². The molecule has 0 bridgehead atoms. The topological polar surface area (TPSA) is 47.3 Å². The van der Waals surface area contributed by atoms with E-state index in [1.807, 2.05) is 62.4 Å². The standard InChI is InChI=1S/C16H19BrN2O/c1-11(2)20-15-6-4-3-5-14(15)16(19-18)12-7-9-13(17)10-8-12/h3-11,16,19H,18H2,1-2H3. The van der Waals surface area contributed by atoms with Crippen LogP contribution < -0.4 is 16.0 Å². The summed E-state index contributed by atoms with van der Waals surface area (Å²) in [6.45, 7) is 4.03. The number of rotatable bonds is 5. The fourth-order valence-corrected chi connectivity index (χ4v) is 2.37. The van der Waals surface area contributed by atoms with Crippen molar-refractivity contribution in [2.75, 3.05) is 0 Å². The van der Waals surface area contributed by atoms with E-state index in [9.17, 15) is 0 Å². The predicted octanol–water partition coefficient (Wildman–Crippen LogP) is 3.79. The molecule has 0 aliphatic carbocycles. The van der Waals surface area contributed by atoms with Gasteiger partial charge in [0.25, 0.3) is 0 Å². The summed E-state index contributed by atoms with van der Waals surface area (Å²) in [6.07, 6.45) is 0.125. The highest BCUT2D eigenvalue weighted by Crippen LogP contribution is 2.30. The van der Waals surface area contributed by atoms with Gasteiger partial charge in [0.15, 0.2) is 0 Å². The highest BCUT2D eigenvalue weighted by molar-refractivity contribution is 9.10. The largest absolute Gasteiger partial charge is 0.491 e. The first kappa shape index (κ1) is 15.0. The van der Waals surface area contributed by atoms with Gasteiger partial charge in [0.2, 0.25) is 0 Å². The fraction of sp³-hybridized carbons (Fsp3) is 0.250. The van der Waals surface area contributed by atoms with Gasteiger partial charge in [-0.25, -0.2) is 5.43 Å². The minimum Gasteiger partial charge on any atom is -0.491 e. The van der Waals surface area contributed by atoms with Gasteiger partial charge in [0.05, 0.1) is 12.1 Å². The third-order valence-corrected chi connectivity index (χ3v) is 3.49. The zero-order valence-corrected chi connectivity index (χ0v) is 13.2. The molecule has 0 radical (unpaired) electrons. The normalized spacial score (nSPS) is 12.4. The summed E-state index contributed by atoms with van der Waals surface area (Å²) in [5.74, 6) is 6.61. The van der Waals surface area contributed by atoms with Gasteiger partial charge >= 0.3 is 0 Å².